The van der Waals surface area contributed by atoms with E-state index in [9.17, 15) is 8.42 Å². The van der Waals surface area contributed by atoms with Crippen molar-refractivity contribution in [2.24, 2.45) is 5.41 Å². The zero-order chi connectivity index (χ0) is 14.9. The van der Waals surface area contributed by atoms with Gasteiger partial charge in [0.05, 0.1) is 4.90 Å². The van der Waals surface area contributed by atoms with Gasteiger partial charge in [-0.05, 0) is 62.4 Å². The molecule has 0 aliphatic carbocycles. The Morgan fingerprint density at radius 1 is 1.10 bits per heavy atom. The van der Waals surface area contributed by atoms with Gasteiger partial charge in [0.25, 0.3) is 0 Å². The fraction of sp³-hybridized carbons (Fsp3) is 0.600. The van der Waals surface area contributed by atoms with Gasteiger partial charge in [-0.15, -0.1) is 0 Å². The van der Waals surface area contributed by atoms with Gasteiger partial charge in [0, 0.05) is 18.1 Å². The van der Waals surface area contributed by atoms with Gasteiger partial charge in [-0.2, -0.15) is 4.31 Å². The normalized spacial score (nSPS) is 23.3. The minimum atomic E-state index is -3.41. The van der Waals surface area contributed by atoms with Gasteiger partial charge in [0.15, 0.2) is 0 Å². The number of hydrogen-bond acceptors (Lipinski definition) is 3. The highest BCUT2D eigenvalue weighted by Gasteiger charge is 2.39. The van der Waals surface area contributed by atoms with E-state index in [4.69, 9.17) is 11.6 Å². The number of piperidine rings is 2. The summed E-state index contributed by atoms with van der Waals surface area (Å²) in [5.41, 5.74) is 0.353. The summed E-state index contributed by atoms with van der Waals surface area (Å²) in [6.45, 7) is 3.35. The van der Waals surface area contributed by atoms with Crippen molar-refractivity contribution in [3.8, 4) is 0 Å². The molecule has 116 valence electrons. The SMILES string of the molecule is O=S(=O)(c1cccc(Cl)c1)N1CCC2(CCNCC2)CC1. The Hall–Kier alpha value is -0.620. The topological polar surface area (TPSA) is 49.4 Å². The third-order valence-corrected chi connectivity index (χ3v) is 7.01. The second-order valence-corrected chi connectivity index (χ2v) is 8.49. The molecule has 2 aliphatic heterocycles. The molecule has 1 aromatic rings. The number of nitrogens with zero attached hydrogens (tertiary/aromatic N) is 1. The van der Waals surface area contributed by atoms with Crippen molar-refractivity contribution >= 4 is 21.6 Å². The van der Waals surface area contributed by atoms with E-state index in [1.807, 2.05) is 0 Å². The lowest BCUT2D eigenvalue weighted by Gasteiger charge is -2.43. The predicted molar refractivity (Wildman–Crippen MR) is 84.0 cm³/mol. The molecule has 3 rings (SSSR count). The van der Waals surface area contributed by atoms with Crippen molar-refractivity contribution in [3.05, 3.63) is 29.3 Å². The Morgan fingerprint density at radius 2 is 1.76 bits per heavy atom. The van der Waals surface area contributed by atoms with E-state index in [2.05, 4.69) is 5.32 Å². The van der Waals surface area contributed by atoms with Crippen LogP contribution in [0, 0.1) is 5.41 Å². The maximum Gasteiger partial charge on any atom is 0.243 e. The highest BCUT2D eigenvalue weighted by atomic mass is 35.5. The minimum Gasteiger partial charge on any atom is -0.317 e. The van der Waals surface area contributed by atoms with Crippen molar-refractivity contribution in [2.75, 3.05) is 26.2 Å². The van der Waals surface area contributed by atoms with E-state index in [-0.39, 0.29) is 0 Å². The zero-order valence-electron chi connectivity index (χ0n) is 12.0. The molecule has 0 radical (unpaired) electrons. The zero-order valence-corrected chi connectivity index (χ0v) is 13.6. The first-order valence-electron chi connectivity index (χ1n) is 7.48. The van der Waals surface area contributed by atoms with Gasteiger partial charge in [0.2, 0.25) is 10.0 Å². The number of rotatable bonds is 2. The Balaban J connectivity index is 1.74. The lowest BCUT2D eigenvalue weighted by molar-refractivity contribution is 0.110. The summed E-state index contributed by atoms with van der Waals surface area (Å²) < 4.78 is 26.9. The molecule has 0 atom stereocenters. The van der Waals surface area contributed by atoms with E-state index in [1.165, 1.54) is 6.07 Å². The maximum atomic E-state index is 12.7. The van der Waals surface area contributed by atoms with Gasteiger partial charge in [-0.25, -0.2) is 8.42 Å². The lowest BCUT2D eigenvalue weighted by atomic mass is 9.72. The molecule has 0 saturated carbocycles. The van der Waals surface area contributed by atoms with Crippen LogP contribution in [0.1, 0.15) is 25.7 Å². The number of halogens is 1. The molecule has 2 aliphatic rings. The lowest BCUT2D eigenvalue weighted by Crippen LogP contribution is -2.47. The Morgan fingerprint density at radius 3 is 2.38 bits per heavy atom. The monoisotopic (exact) mass is 328 g/mol. The smallest absolute Gasteiger partial charge is 0.243 e. The second-order valence-electron chi connectivity index (χ2n) is 6.11. The van der Waals surface area contributed by atoms with E-state index < -0.39 is 10.0 Å². The van der Waals surface area contributed by atoms with E-state index >= 15 is 0 Å². The summed E-state index contributed by atoms with van der Waals surface area (Å²) in [4.78, 5) is 0.302. The molecule has 21 heavy (non-hydrogen) atoms. The molecule has 6 heteroatoms. The third-order valence-electron chi connectivity index (χ3n) is 4.88. The van der Waals surface area contributed by atoms with Crippen molar-refractivity contribution in [1.82, 2.24) is 9.62 Å². The molecule has 1 spiro atoms. The summed E-state index contributed by atoms with van der Waals surface area (Å²) in [5.74, 6) is 0. The minimum absolute atomic E-state index is 0.302. The molecule has 2 heterocycles. The maximum absolute atomic E-state index is 12.7. The number of hydrogen-bond donors (Lipinski definition) is 1. The molecule has 0 bridgehead atoms. The highest BCUT2D eigenvalue weighted by Crippen LogP contribution is 2.40. The summed E-state index contributed by atoms with van der Waals surface area (Å²) >= 11 is 5.92. The van der Waals surface area contributed by atoms with Crippen LogP contribution in [0.25, 0.3) is 0 Å². The summed E-state index contributed by atoms with van der Waals surface area (Å²) in [7, 11) is -3.41. The van der Waals surface area contributed by atoms with E-state index in [0.29, 0.717) is 28.4 Å². The van der Waals surface area contributed by atoms with Crippen LogP contribution < -0.4 is 5.32 Å². The second kappa shape index (κ2) is 5.88. The van der Waals surface area contributed by atoms with Crippen LogP contribution >= 0.6 is 11.6 Å². The van der Waals surface area contributed by atoms with Crippen molar-refractivity contribution in [1.29, 1.82) is 0 Å². The van der Waals surface area contributed by atoms with Gasteiger partial charge in [0.1, 0.15) is 0 Å². The average Bonchev–Trinajstić information content (AvgIpc) is 2.48. The Labute approximate surface area is 131 Å². The standard InChI is InChI=1S/C15H21ClN2O2S/c16-13-2-1-3-14(12-13)21(19,20)18-10-6-15(7-11-18)4-8-17-9-5-15/h1-3,12,17H,4-11H2. The number of sulfonamides is 1. The average molecular weight is 329 g/mol. The molecule has 4 nitrogen and oxygen atoms in total. The summed E-state index contributed by atoms with van der Waals surface area (Å²) in [6, 6.07) is 6.54. The van der Waals surface area contributed by atoms with Crippen molar-refractivity contribution < 1.29 is 8.42 Å². The molecule has 1 aromatic carbocycles. The van der Waals surface area contributed by atoms with E-state index in [0.717, 1.165) is 38.8 Å². The van der Waals surface area contributed by atoms with Crippen molar-refractivity contribution in [2.45, 2.75) is 30.6 Å². The summed E-state index contributed by atoms with van der Waals surface area (Å²) in [5, 5.41) is 3.84. The molecular weight excluding hydrogens is 308 g/mol. The molecule has 0 amide bonds. The van der Waals surface area contributed by atoms with Crippen LogP contribution in [0.5, 0.6) is 0 Å². The fourth-order valence-corrected chi connectivity index (χ4v) is 5.18. The van der Waals surface area contributed by atoms with Crippen molar-refractivity contribution in [3.63, 3.8) is 0 Å². The molecular formula is C15H21ClN2O2S. The van der Waals surface area contributed by atoms with Crippen LogP contribution in [0.4, 0.5) is 0 Å². The fourth-order valence-electron chi connectivity index (χ4n) is 3.43. The molecule has 2 fully saturated rings. The summed E-state index contributed by atoms with van der Waals surface area (Å²) in [6.07, 6.45) is 4.26. The van der Waals surface area contributed by atoms with Gasteiger partial charge in [-0.3, -0.25) is 0 Å². The largest absolute Gasteiger partial charge is 0.317 e. The van der Waals surface area contributed by atoms with Crippen LogP contribution in [0.15, 0.2) is 29.2 Å². The Kier molecular flexibility index (Phi) is 4.28. The quantitative estimate of drug-likeness (QED) is 0.907. The molecule has 0 aromatic heterocycles. The number of benzene rings is 1. The Bertz CT molecular complexity index is 602. The van der Waals surface area contributed by atoms with Gasteiger partial charge < -0.3 is 5.32 Å². The van der Waals surface area contributed by atoms with E-state index in [1.54, 1.807) is 22.5 Å². The highest BCUT2D eigenvalue weighted by molar-refractivity contribution is 7.89. The third kappa shape index (κ3) is 3.11. The molecule has 0 unspecified atom stereocenters. The van der Waals surface area contributed by atoms with Crippen LogP contribution in [-0.2, 0) is 10.0 Å². The number of nitrogens with one attached hydrogen (secondary N) is 1. The van der Waals surface area contributed by atoms with Gasteiger partial charge in [-0.1, -0.05) is 17.7 Å². The first kappa shape index (κ1) is 15.3. The van der Waals surface area contributed by atoms with Crippen LogP contribution in [-0.4, -0.2) is 38.9 Å². The van der Waals surface area contributed by atoms with Crippen LogP contribution in [0.2, 0.25) is 5.02 Å². The first-order valence-corrected chi connectivity index (χ1v) is 9.30. The molecule has 1 N–H and O–H groups in total. The van der Waals surface area contributed by atoms with Crippen LogP contribution in [0.3, 0.4) is 0 Å². The first-order chi connectivity index (χ1) is 10.0. The molecule has 2 saturated heterocycles. The van der Waals surface area contributed by atoms with Gasteiger partial charge >= 0.3 is 0 Å². The predicted octanol–water partition coefficient (Wildman–Crippen LogP) is 2.49.